The van der Waals surface area contributed by atoms with Gasteiger partial charge in [0.15, 0.2) is 0 Å². The molecule has 0 atom stereocenters. The Morgan fingerprint density at radius 3 is 2.83 bits per heavy atom. The minimum atomic E-state index is -0.497. The molecule has 0 spiro atoms. The van der Waals surface area contributed by atoms with Crippen molar-refractivity contribution < 1.29 is 9.53 Å². The number of rotatable bonds is 3. The minimum Gasteiger partial charge on any atom is -0.410 e. The van der Waals surface area contributed by atoms with Crippen LogP contribution in [0.5, 0.6) is 0 Å². The highest BCUT2D eigenvalue weighted by atomic mass is 16.5. The zero-order valence-corrected chi connectivity index (χ0v) is 7.39. The van der Waals surface area contributed by atoms with Gasteiger partial charge in [-0.05, 0) is 19.4 Å². The molecular weight excluding hydrogens is 154 g/mol. The highest BCUT2D eigenvalue weighted by Crippen LogP contribution is 1.84. The molecule has 0 bridgehead atoms. The molecule has 0 fully saturated rings. The summed E-state index contributed by atoms with van der Waals surface area (Å²) >= 11 is 0. The van der Waals surface area contributed by atoms with E-state index in [0.717, 1.165) is 5.57 Å². The van der Waals surface area contributed by atoms with Gasteiger partial charge in [-0.3, -0.25) is 0 Å². The van der Waals surface area contributed by atoms with Gasteiger partial charge in [-0.2, -0.15) is 0 Å². The highest BCUT2D eigenvalue weighted by molar-refractivity contribution is 5.67. The van der Waals surface area contributed by atoms with Crippen LogP contribution in [0.1, 0.15) is 13.8 Å². The Labute approximate surface area is 72.4 Å². The van der Waals surface area contributed by atoms with Crippen molar-refractivity contribution in [1.82, 2.24) is 5.32 Å². The van der Waals surface area contributed by atoms with Crippen LogP contribution in [0.2, 0.25) is 0 Å². The SMILES string of the molecule is C=CCNC(=O)OC=C=C(C)C. The van der Waals surface area contributed by atoms with Gasteiger partial charge in [-0.25, -0.2) is 4.79 Å². The van der Waals surface area contributed by atoms with Crippen molar-refractivity contribution in [2.24, 2.45) is 0 Å². The maximum Gasteiger partial charge on any atom is 0.412 e. The summed E-state index contributed by atoms with van der Waals surface area (Å²) in [5.74, 6) is 0. The van der Waals surface area contributed by atoms with Gasteiger partial charge in [0.1, 0.15) is 6.26 Å². The van der Waals surface area contributed by atoms with Crippen LogP contribution in [0, 0.1) is 0 Å². The molecule has 0 heterocycles. The zero-order chi connectivity index (χ0) is 9.40. The molecule has 1 amide bonds. The van der Waals surface area contributed by atoms with Gasteiger partial charge in [0.05, 0.1) is 0 Å². The van der Waals surface area contributed by atoms with E-state index in [2.05, 4.69) is 22.4 Å². The highest BCUT2D eigenvalue weighted by Gasteiger charge is 1.93. The molecule has 0 aliphatic rings. The summed E-state index contributed by atoms with van der Waals surface area (Å²) in [6.07, 6.45) is 2.31. The molecule has 0 radical (unpaired) electrons. The summed E-state index contributed by atoms with van der Waals surface area (Å²) in [6.45, 7) is 7.57. The predicted octanol–water partition coefficient (Wildman–Crippen LogP) is 1.98. The van der Waals surface area contributed by atoms with Gasteiger partial charge in [0.2, 0.25) is 0 Å². The third-order valence-electron chi connectivity index (χ3n) is 0.904. The first kappa shape index (κ1) is 10.5. The standard InChI is InChI=1S/C9H13NO2/c1-4-6-10-9(11)12-7-5-8(2)3/h4,7H,1,6H2,2-3H3,(H,10,11). The van der Waals surface area contributed by atoms with Crippen LogP contribution in [0.3, 0.4) is 0 Å². The van der Waals surface area contributed by atoms with Crippen molar-refractivity contribution in [3.63, 3.8) is 0 Å². The van der Waals surface area contributed by atoms with Crippen molar-refractivity contribution in [2.45, 2.75) is 13.8 Å². The Morgan fingerprint density at radius 1 is 1.67 bits per heavy atom. The van der Waals surface area contributed by atoms with E-state index in [-0.39, 0.29) is 0 Å². The molecule has 0 aromatic heterocycles. The smallest absolute Gasteiger partial charge is 0.410 e. The Kier molecular flexibility index (Phi) is 5.49. The van der Waals surface area contributed by atoms with E-state index in [0.29, 0.717) is 6.54 Å². The number of carbonyl (C=O) groups excluding carboxylic acids is 1. The third kappa shape index (κ3) is 6.65. The number of hydrogen-bond acceptors (Lipinski definition) is 2. The molecule has 0 saturated carbocycles. The number of alkyl carbamates (subject to hydrolysis) is 1. The van der Waals surface area contributed by atoms with E-state index in [4.69, 9.17) is 0 Å². The van der Waals surface area contributed by atoms with E-state index in [9.17, 15) is 4.79 Å². The third-order valence-corrected chi connectivity index (χ3v) is 0.904. The van der Waals surface area contributed by atoms with Crippen molar-refractivity contribution in [2.75, 3.05) is 6.54 Å². The van der Waals surface area contributed by atoms with Gasteiger partial charge in [0.25, 0.3) is 0 Å². The maximum absolute atomic E-state index is 10.7. The van der Waals surface area contributed by atoms with Crippen molar-refractivity contribution >= 4 is 6.09 Å². The number of ether oxygens (including phenoxy) is 1. The number of amides is 1. The Balaban J connectivity index is 3.71. The molecule has 3 nitrogen and oxygen atoms in total. The average Bonchev–Trinajstić information content (AvgIpc) is 2.00. The van der Waals surface area contributed by atoms with Crippen LogP contribution in [0.4, 0.5) is 4.79 Å². The molecule has 0 aliphatic heterocycles. The van der Waals surface area contributed by atoms with E-state index >= 15 is 0 Å². The lowest BCUT2D eigenvalue weighted by Crippen LogP contribution is -2.22. The largest absolute Gasteiger partial charge is 0.412 e. The quantitative estimate of drug-likeness (QED) is 0.396. The molecule has 0 unspecified atom stereocenters. The summed E-state index contributed by atoms with van der Waals surface area (Å²) in [6, 6.07) is 0. The van der Waals surface area contributed by atoms with Gasteiger partial charge in [0, 0.05) is 6.54 Å². The first-order valence-corrected chi connectivity index (χ1v) is 3.60. The van der Waals surface area contributed by atoms with Crippen LogP contribution in [0.15, 0.2) is 30.2 Å². The molecule has 12 heavy (non-hydrogen) atoms. The topological polar surface area (TPSA) is 38.3 Å². The first-order chi connectivity index (χ1) is 5.66. The van der Waals surface area contributed by atoms with Crippen LogP contribution in [-0.2, 0) is 4.74 Å². The van der Waals surface area contributed by atoms with Gasteiger partial charge in [-0.1, -0.05) is 11.8 Å². The summed E-state index contributed by atoms with van der Waals surface area (Å²) in [5, 5.41) is 2.45. The lowest BCUT2D eigenvalue weighted by Gasteiger charge is -1.97. The Bertz CT molecular complexity index is 221. The Hall–Kier alpha value is -1.47. The molecule has 3 heteroatoms. The van der Waals surface area contributed by atoms with Gasteiger partial charge >= 0.3 is 6.09 Å². The lowest BCUT2D eigenvalue weighted by atomic mass is 10.4. The van der Waals surface area contributed by atoms with Crippen LogP contribution < -0.4 is 5.32 Å². The number of nitrogens with one attached hydrogen (secondary N) is 1. The zero-order valence-electron chi connectivity index (χ0n) is 7.39. The summed E-state index contributed by atoms with van der Waals surface area (Å²) < 4.78 is 4.60. The average molecular weight is 167 g/mol. The molecule has 0 saturated heterocycles. The predicted molar refractivity (Wildman–Crippen MR) is 47.6 cm³/mol. The van der Waals surface area contributed by atoms with Crippen molar-refractivity contribution in [1.29, 1.82) is 0 Å². The van der Waals surface area contributed by atoms with Gasteiger partial charge in [-0.15, -0.1) is 6.58 Å². The Morgan fingerprint density at radius 2 is 2.33 bits per heavy atom. The summed E-state index contributed by atoms with van der Waals surface area (Å²) in [7, 11) is 0. The summed E-state index contributed by atoms with van der Waals surface area (Å²) in [5.41, 5.74) is 3.69. The second kappa shape index (κ2) is 6.25. The fourth-order valence-corrected chi connectivity index (χ4v) is 0.398. The molecule has 0 rings (SSSR count). The van der Waals surface area contributed by atoms with Crippen molar-refractivity contribution in [3.05, 3.63) is 30.2 Å². The van der Waals surface area contributed by atoms with E-state index < -0.39 is 6.09 Å². The van der Waals surface area contributed by atoms with Crippen LogP contribution in [0.25, 0.3) is 0 Å². The second-order valence-electron chi connectivity index (χ2n) is 2.34. The first-order valence-electron chi connectivity index (χ1n) is 3.60. The number of allylic oxidation sites excluding steroid dienone is 1. The van der Waals surface area contributed by atoms with Crippen LogP contribution in [-0.4, -0.2) is 12.6 Å². The number of hydrogen-bond donors (Lipinski definition) is 1. The molecule has 66 valence electrons. The molecule has 0 aromatic carbocycles. The maximum atomic E-state index is 10.7. The molecular formula is C9H13NO2. The van der Waals surface area contributed by atoms with E-state index in [1.165, 1.54) is 6.26 Å². The fraction of sp³-hybridized carbons (Fsp3) is 0.333. The molecule has 1 N–H and O–H groups in total. The second-order valence-corrected chi connectivity index (χ2v) is 2.34. The molecule has 0 aromatic rings. The normalized spacial score (nSPS) is 7.83. The van der Waals surface area contributed by atoms with E-state index in [1.54, 1.807) is 6.08 Å². The monoisotopic (exact) mass is 167 g/mol. The minimum absolute atomic E-state index is 0.404. The lowest BCUT2D eigenvalue weighted by molar-refractivity contribution is 0.187. The van der Waals surface area contributed by atoms with Gasteiger partial charge < -0.3 is 10.1 Å². The number of carbonyl (C=O) groups is 1. The van der Waals surface area contributed by atoms with Crippen LogP contribution >= 0.6 is 0 Å². The molecule has 0 aliphatic carbocycles. The van der Waals surface area contributed by atoms with Crippen molar-refractivity contribution in [3.8, 4) is 0 Å². The van der Waals surface area contributed by atoms with E-state index in [1.807, 2.05) is 13.8 Å². The fourth-order valence-electron chi connectivity index (χ4n) is 0.398. The summed E-state index contributed by atoms with van der Waals surface area (Å²) in [4.78, 5) is 10.7.